The molecule has 19 heavy (non-hydrogen) atoms. The number of hydrogen-bond donors (Lipinski definition) is 2. The number of rotatable bonds is 8. The van der Waals surface area contributed by atoms with Crippen LogP contribution in [0.1, 0.15) is 18.2 Å². The third-order valence-corrected chi connectivity index (χ3v) is 3.59. The zero-order chi connectivity index (χ0) is 14.3. The molecule has 1 rings (SSSR count). The number of carbonyl (C=O) groups excluding carboxylic acids is 1. The summed E-state index contributed by atoms with van der Waals surface area (Å²) in [6.45, 7) is 2.93. The summed E-state index contributed by atoms with van der Waals surface area (Å²) in [6.07, 6.45) is 0.807. The lowest BCUT2D eigenvalue weighted by Gasteiger charge is -2.18. The number of hydrogen-bond acceptors (Lipinski definition) is 4. The van der Waals surface area contributed by atoms with E-state index in [2.05, 4.69) is 5.32 Å². The minimum absolute atomic E-state index is 0.0965. The fraction of sp³-hybridized carbons (Fsp3) is 0.500. The van der Waals surface area contributed by atoms with Crippen LogP contribution in [0.15, 0.2) is 12.1 Å². The highest BCUT2D eigenvalue weighted by Crippen LogP contribution is 2.20. The number of nitrogens with one attached hydrogen (secondary N) is 1. The van der Waals surface area contributed by atoms with Crippen LogP contribution in [0.25, 0.3) is 0 Å². The van der Waals surface area contributed by atoms with Crippen molar-refractivity contribution in [1.29, 1.82) is 0 Å². The Morgan fingerprint density at radius 3 is 2.68 bits per heavy atom. The first-order valence-electron chi connectivity index (χ1n) is 5.96. The Balaban J connectivity index is 2.37. The lowest BCUT2D eigenvalue weighted by atomic mass is 10.3. The maximum Gasteiger partial charge on any atom is 0.317 e. The van der Waals surface area contributed by atoms with E-state index >= 15 is 0 Å². The normalized spacial score (nSPS) is 10.7. The maximum absolute atomic E-state index is 11.7. The van der Waals surface area contributed by atoms with Gasteiger partial charge in [-0.05, 0) is 25.1 Å². The van der Waals surface area contributed by atoms with Gasteiger partial charge < -0.3 is 10.4 Å². The molecular weight excluding hydrogens is 288 g/mol. The van der Waals surface area contributed by atoms with E-state index in [1.807, 2.05) is 13.0 Å². The third kappa shape index (κ3) is 6.56. The molecule has 0 atom stereocenters. The van der Waals surface area contributed by atoms with Gasteiger partial charge in [0.25, 0.3) is 0 Å². The zero-order valence-corrected chi connectivity index (χ0v) is 12.3. The molecule has 0 aliphatic rings. The quantitative estimate of drug-likeness (QED) is 0.768. The van der Waals surface area contributed by atoms with Crippen LogP contribution < -0.4 is 5.32 Å². The summed E-state index contributed by atoms with van der Waals surface area (Å²) in [5.41, 5.74) is 0. The fourth-order valence-electron chi connectivity index (χ4n) is 1.61. The zero-order valence-electron chi connectivity index (χ0n) is 10.7. The van der Waals surface area contributed by atoms with E-state index in [0.717, 1.165) is 11.3 Å². The van der Waals surface area contributed by atoms with Crippen molar-refractivity contribution in [2.75, 3.05) is 19.6 Å². The van der Waals surface area contributed by atoms with Crippen LogP contribution in [0.2, 0.25) is 4.34 Å². The SMILES string of the molecule is CCCN(CC(=O)O)CC(=O)NCc1ccc(Cl)s1. The first kappa shape index (κ1) is 15.9. The van der Waals surface area contributed by atoms with E-state index in [1.54, 1.807) is 11.0 Å². The first-order valence-corrected chi connectivity index (χ1v) is 7.15. The van der Waals surface area contributed by atoms with Crippen molar-refractivity contribution in [1.82, 2.24) is 10.2 Å². The van der Waals surface area contributed by atoms with Gasteiger partial charge in [-0.1, -0.05) is 18.5 Å². The molecule has 0 saturated carbocycles. The largest absolute Gasteiger partial charge is 0.480 e. The molecule has 1 aromatic heterocycles. The van der Waals surface area contributed by atoms with Crippen LogP contribution in [0.5, 0.6) is 0 Å². The van der Waals surface area contributed by atoms with Crippen LogP contribution in [-0.2, 0) is 16.1 Å². The number of carboxylic acids is 1. The molecule has 1 aromatic rings. The van der Waals surface area contributed by atoms with Gasteiger partial charge >= 0.3 is 5.97 Å². The van der Waals surface area contributed by atoms with Crippen LogP contribution in [0.3, 0.4) is 0 Å². The molecule has 1 heterocycles. The lowest BCUT2D eigenvalue weighted by molar-refractivity contribution is -0.138. The molecule has 106 valence electrons. The lowest BCUT2D eigenvalue weighted by Crippen LogP contribution is -2.39. The number of thiophene rings is 1. The van der Waals surface area contributed by atoms with Crippen LogP contribution >= 0.6 is 22.9 Å². The summed E-state index contributed by atoms with van der Waals surface area (Å²) >= 11 is 7.20. The predicted octanol–water partition coefficient (Wildman–Crippen LogP) is 1.81. The summed E-state index contributed by atoms with van der Waals surface area (Å²) in [5.74, 6) is -1.11. The van der Waals surface area contributed by atoms with E-state index in [0.29, 0.717) is 17.4 Å². The fourth-order valence-corrected chi connectivity index (χ4v) is 2.64. The number of amides is 1. The molecule has 0 spiro atoms. The molecule has 0 aliphatic heterocycles. The van der Waals surface area contributed by atoms with Crippen molar-refractivity contribution in [3.05, 3.63) is 21.3 Å². The molecule has 0 bridgehead atoms. The summed E-state index contributed by atoms with van der Waals surface area (Å²) in [4.78, 5) is 25.0. The molecule has 0 aliphatic carbocycles. The molecular formula is C12H17ClN2O3S. The van der Waals surface area contributed by atoms with Gasteiger partial charge in [0.05, 0.1) is 24.0 Å². The van der Waals surface area contributed by atoms with Crippen molar-refractivity contribution >= 4 is 34.8 Å². The average Bonchev–Trinajstić information content (AvgIpc) is 2.72. The highest BCUT2D eigenvalue weighted by Gasteiger charge is 2.13. The van der Waals surface area contributed by atoms with Gasteiger partial charge in [0.2, 0.25) is 5.91 Å². The van der Waals surface area contributed by atoms with Crippen molar-refractivity contribution in [2.24, 2.45) is 0 Å². The van der Waals surface area contributed by atoms with Crippen LogP contribution in [0, 0.1) is 0 Å². The van der Waals surface area contributed by atoms with Gasteiger partial charge in [0.15, 0.2) is 0 Å². The van der Waals surface area contributed by atoms with Crippen molar-refractivity contribution in [3.8, 4) is 0 Å². The average molecular weight is 305 g/mol. The Bertz CT molecular complexity index is 436. The van der Waals surface area contributed by atoms with E-state index in [-0.39, 0.29) is 19.0 Å². The molecule has 0 radical (unpaired) electrons. The maximum atomic E-state index is 11.7. The monoisotopic (exact) mass is 304 g/mol. The van der Waals surface area contributed by atoms with E-state index in [1.165, 1.54) is 11.3 Å². The molecule has 0 saturated heterocycles. The Hall–Kier alpha value is -1.11. The summed E-state index contributed by atoms with van der Waals surface area (Å²) in [6, 6.07) is 3.63. The second kappa shape index (κ2) is 8.14. The summed E-state index contributed by atoms with van der Waals surface area (Å²) in [5, 5.41) is 11.5. The summed E-state index contributed by atoms with van der Waals surface area (Å²) < 4.78 is 0.683. The standard InChI is InChI=1S/C12H17ClN2O3S/c1-2-5-15(8-12(17)18)7-11(16)14-6-9-3-4-10(13)19-9/h3-4H,2,5-8H2,1H3,(H,14,16)(H,17,18). The molecule has 5 nitrogen and oxygen atoms in total. The minimum Gasteiger partial charge on any atom is -0.480 e. The molecule has 7 heteroatoms. The number of nitrogens with zero attached hydrogens (tertiary/aromatic N) is 1. The van der Waals surface area contributed by atoms with E-state index in [9.17, 15) is 9.59 Å². The number of carboxylic acid groups (broad SMARTS) is 1. The van der Waals surface area contributed by atoms with Gasteiger partial charge in [-0.25, -0.2) is 0 Å². The second-order valence-corrected chi connectivity index (χ2v) is 5.89. The topological polar surface area (TPSA) is 69.6 Å². The highest BCUT2D eigenvalue weighted by molar-refractivity contribution is 7.16. The Labute approximate surface area is 121 Å². The molecule has 0 fully saturated rings. The van der Waals surface area contributed by atoms with Gasteiger partial charge in [0.1, 0.15) is 0 Å². The van der Waals surface area contributed by atoms with Crippen LogP contribution in [0.4, 0.5) is 0 Å². The predicted molar refractivity (Wildman–Crippen MR) is 75.5 cm³/mol. The smallest absolute Gasteiger partial charge is 0.317 e. The van der Waals surface area contributed by atoms with Gasteiger partial charge in [-0.3, -0.25) is 14.5 Å². The van der Waals surface area contributed by atoms with Crippen molar-refractivity contribution in [3.63, 3.8) is 0 Å². The second-order valence-electron chi connectivity index (χ2n) is 4.09. The molecule has 0 unspecified atom stereocenters. The Morgan fingerprint density at radius 2 is 2.16 bits per heavy atom. The van der Waals surface area contributed by atoms with Crippen molar-refractivity contribution < 1.29 is 14.7 Å². The Morgan fingerprint density at radius 1 is 1.42 bits per heavy atom. The van der Waals surface area contributed by atoms with Gasteiger partial charge in [-0.2, -0.15) is 0 Å². The molecule has 1 amide bonds. The minimum atomic E-state index is -0.925. The van der Waals surface area contributed by atoms with Crippen molar-refractivity contribution in [2.45, 2.75) is 19.9 Å². The highest BCUT2D eigenvalue weighted by atomic mass is 35.5. The summed E-state index contributed by atoms with van der Waals surface area (Å²) in [7, 11) is 0. The first-order chi connectivity index (χ1) is 9.01. The molecule has 0 aromatic carbocycles. The third-order valence-electron chi connectivity index (χ3n) is 2.35. The van der Waals surface area contributed by atoms with E-state index < -0.39 is 5.97 Å². The number of halogens is 1. The molecule has 2 N–H and O–H groups in total. The Kier molecular flexibility index (Phi) is 6.83. The van der Waals surface area contributed by atoms with Crippen LogP contribution in [-0.4, -0.2) is 41.5 Å². The number of carbonyl (C=O) groups is 2. The number of aliphatic carboxylic acids is 1. The van der Waals surface area contributed by atoms with E-state index in [4.69, 9.17) is 16.7 Å². The van der Waals surface area contributed by atoms with Gasteiger partial charge in [0, 0.05) is 4.88 Å². The van der Waals surface area contributed by atoms with Gasteiger partial charge in [-0.15, -0.1) is 11.3 Å².